The molecule has 0 aromatic heterocycles. The van der Waals surface area contributed by atoms with Crippen molar-refractivity contribution in [2.45, 2.75) is 56.1 Å². The predicted octanol–water partition coefficient (Wildman–Crippen LogP) is -1.15. The molecule has 8 heteroatoms. The summed E-state index contributed by atoms with van der Waals surface area (Å²) in [6.45, 7) is 0. The number of nitrogens with two attached hydrogens (primary N) is 1. The summed E-state index contributed by atoms with van der Waals surface area (Å²) in [5.74, 6) is -3.55. The smallest absolute Gasteiger partial charge is 0.291 e. The van der Waals surface area contributed by atoms with Crippen molar-refractivity contribution in [3.8, 4) is 0 Å². The minimum absolute atomic E-state index is 0.112. The SMILES string of the molecule is O=C([O-])CC[C@@H]1[NH2+][C@@]2(C(=O)Nc3ccccc32)[C@@H]2C(=O)N(C3CCCC3)C(=O)[C@H]12. The minimum Gasteiger partial charge on any atom is -0.550 e. The van der Waals surface area contributed by atoms with Crippen LogP contribution >= 0.6 is 0 Å². The first-order chi connectivity index (χ1) is 13.9. The average Bonchev–Trinajstić information content (AvgIpc) is 3.42. The maximum Gasteiger partial charge on any atom is 0.291 e. The van der Waals surface area contributed by atoms with E-state index < -0.39 is 29.4 Å². The Bertz CT molecular complexity index is 925. The van der Waals surface area contributed by atoms with Crippen LogP contribution in [0, 0.1) is 11.8 Å². The number of carbonyl (C=O) groups is 4. The fraction of sp³-hybridized carbons (Fsp3) is 0.524. The van der Waals surface area contributed by atoms with Crippen LogP contribution in [-0.4, -0.2) is 40.7 Å². The molecule has 1 aliphatic carbocycles. The van der Waals surface area contributed by atoms with Crippen LogP contribution in [0.2, 0.25) is 0 Å². The number of aliphatic carboxylic acids is 1. The van der Waals surface area contributed by atoms with Crippen LogP contribution in [0.25, 0.3) is 0 Å². The van der Waals surface area contributed by atoms with E-state index in [0.717, 1.165) is 25.7 Å². The lowest BCUT2D eigenvalue weighted by Crippen LogP contribution is -2.99. The van der Waals surface area contributed by atoms with Gasteiger partial charge in [-0.2, -0.15) is 0 Å². The van der Waals surface area contributed by atoms with Gasteiger partial charge in [0.1, 0.15) is 17.9 Å². The second-order valence-corrected chi connectivity index (χ2v) is 8.60. The molecule has 0 radical (unpaired) electrons. The fourth-order valence-electron chi connectivity index (χ4n) is 6.01. The maximum absolute atomic E-state index is 13.6. The molecule has 152 valence electrons. The van der Waals surface area contributed by atoms with Gasteiger partial charge in [-0.25, -0.2) is 0 Å². The summed E-state index contributed by atoms with van der Waals surface area (Å²) in [6, 6.07) is 6.66. The number of benzene rings is 1. The molecule has 3 aliphatic heterocycles. The Balaban J connectivity index is 1.61. The van der Waals surface area contributed by atoms with Crippen molar-refractivity contribution in [3.05, 3.63) is 29.8 Å². The number of carboxylic acid groups (broad SMARTS) is 1. The summed E-state index contributed by atoms with van der Waals surface area (Å²) in [5, 5.41) is 15.7. The molecular formula is C21H23N3O5. The van der Waals surface area contributed by atoms with E-state index in [2.05, 4.69) is 5.32 Å². The molecular weight excluding hydrogens is 374 g/mol. The number of carboxylic acids is 1. The van der Waals surface area contributed by atoms with E-state index >= 15 is 0 Å². The molecule has 8 nitrogen and oxygen atoms in total. The van der Waals surface area contributed by atoms with Gasteiger partial charge in [0.25, 0.3) is 5.91 Å². The van der Waals surface area contributed by atoms with Crippen molar-refractivity contribution >= 4 is 29.4 Å². The van der Waals surface area contributed by atoms with Crippen LogP contribution < -0.4 is 15.7 Å². The molecule has 29 heavy (non-hydrogen) atoms. The predicted molar refractivity (Wildman–Crippen MR) is 97.8 cm³/mol. The second kappa shape index (κ2) is 6.38. The van der Waals surface area contributed by atoms with Gasteiger partial charge >= 0.3 is 0 Å². The van der Waals surface area contributed by atoms with E-state index in [1.165, 1.54) is 4.90 Å². The molecule has 2 saturated heterocycles. The van der Waals surface area contributed by atoms with E-state index in [0.29, 0.717) is 11.3 Å². The van der Waals surface area contributed by atoms with Crippen LogP contribution in [0.1, 0.15) is 44.1 Å². The van der Waals surface area contributed by atoms with Gasteiger partial charge in [-0.1, -0.05) is 31.0 Å². The van der Waals surface area contributed by atoms with Gasteiger partial charge in [-0.05, 0) is 25.3 Å². The number of anilines is 1. The van der Waals surface area contributed by atoms with Crippen molar-refractivity contribution in [1.29, 1.82) is 0 Å². The van der Waals surface area contributed by atoms with E-state index in [4.69, 9.17) is 0 Å². The Morgan fingerprint density at radius 3 is 2.62 bits per heavy atom. The standard InChI is InChI=1S/C21H23N3O5/c25-15(26)10-9-14-16-17(19(28)24(18(16)27)11-5-1-2-6-11)21(23-14)12-7-3-4-8-13(12)22-20(21)29/h3-4,7-8,11,14,16-17,23H,1-2,5-6,9-10H2,(H,22,29)(H,25,26)/t14-,16+,17-,21+/m0/s1. The van der Waals surface area contributed by atoms with Crippen molar-refractivity contribution < 1.29 is 29.6 Å². The number of rotatable bonds is 4. The number of likely N-dealkylation sites (tertiary alicyclic amines) is 1. The highest BCUT2D eigenvalue weighted by Crippen LogP contribution is 2.50. The first kappa shape index (κ1) is 18.3. The lowest BCUT2D eigenvalue weighted by Gasteiger charge is -2.28. The minimum atomic E-state index is -1.22. The fourth-order valence-corrected chi connectivity index (χ4v) is 6.01. The highest BCUT2D eigenvalue weighted by Gasteiger charge is 2.74. The van der Waals surface area contributed by atoms with Gasteiger partial charge < -0.3 is 20.5 Å². The summed E-state index contributed by atoms with van der Waals surface area (Å²) < 4.78 is 0. The normalized spacial score (nSPS) is 33.4. The van der Waals surface area contributed by atoms with E-state index in [9.17, 15) is 24.3 Å². The van der Waals surface area contributed by atoms with Gasteiger partial charge in [-0.15, -0.1) is 0 Å². The van der Waals surface area contributed by atoms with Crippen LogP contribution in [0.4, 0.5) is 5.69 Å². The number of hydrogen-bond acceptors (Lipinski definition) is 5. The Labute approximate surface area is 167 Å². The number of nitrogens with one attached hydrogen (secondary N) is 1. The highest BCUT2D eigenvalue weighted by molar-refractivity contribution is 6.14. The molecule has 4 atom stereocenters. The van der Waals surface area contributed by atoms with E-state index in [1.54, 1.807) is 11.4 Å². The quantitative estimate of drug-likeness (QED) is 0.622. The summed E-state index contributed by atoms with van der Waals surface area (Å²) in [5.41, 5.74) is 0.121. The molecule has 3 N–H and O–H groups in total. The van der Waals surface area contributed by atoms with Gasteiger partial charge in [0.15, 0.2) is 0 Å². The van der Waals surface area contributed by atoms with E-state index in [-0.39, 0.29) is 36.6 Å². The first-order valence-electron chi connectivity index (χ1n) is 10.3. The number of quaternary nitrogens is 1. The number of imide groups is 1. The topological polar surface area (TPSA) is 123 Å². The monoisotopic (exact) mass is 397 g/mol. The molecule has 1 spiro atoms. The number of hydrogen-bond donors (Lipinski definition) is 2. The Morgan fingerprint density at radius 1 is 1.17 bits per heavy atom. The van der Waals surface area contributed by atoms with E-state index in [1.807, 2.05) is 18.2 Å². The summed E-state index contributed by atoms with van der Waals surface area (Å²) in [6.07, 6.45) is 3.50. The van der Waals surface area contributed by atoms with Crippen LogP contribution in [0.3, 0.4) is 0 Å². The molecule has 1 aromatic rings. The number of nitrogens with zero attached hydrogens (tertiary/aromatic N) is 1. The maximum atomic E-state index is 13.6. The Morgan fingerprint density at radius 2 is 1.90 bits per heavy atom. The zero-order valence-electron chi connectivity index (χ0n) is 15.9. The molecule has 1 saturated carbocycles. The van der Waals surface area contributed by atoms with Crippen LogP contribution in [0.15, 0.2) is 24.3 Å². The lowest BCUT2D eigenvalue weighted by molar-refractivity contribution is -0.734. The van der Waals surface area contributed by atoms with Gasteiger partial charge in [0.2, 0.25) is 17.4 Å². The second-order valence-electron chi connectivity index (χ2n) is 8.60. The highest BCUT2D eigenvalue weighted by atomic mass is 16.4. The van der Waals surface area contributed by atoms with Gasteiger partial charge in [-0.3, -0.25) is 19.3 Å². The molecule has 0 unspecified atom stereocenters. The van der Waals surface area contributed by atoms with Crippen molar-refractivity contribution in [3.63, 3.8) is 0 Å². The Hall–Kier alpha value is -2.74. The summed E-state index contributed by atoms with van der Waals surface area (Å²) >= 11 is 0. The van der Waals surface area contributed by atoms with Crippen molar-refractivity contribution in [2.75, 3.05) is 5.32 Å². The number of carbonyl (C=O) groups excluding carboxylic acids is 4. The Kier molecular flexibility index (Phi) is 4.03. The number of amides is 3. The molecule has 3 amide bonds. The summed E-state index contributed by atoms with van der Waals surface area (Å²) in [4.78, 5) is 52.6. The molecule has 0 bridgehead atoms. The zero-order chi connectivity index (χ0) is 20.3. The van der Waals surface area contributed by atoms with Crippen molar-refractivity contribution in [2.24, 2.45) is 11.8 Å². The third kappa shape index (κ3) is 2.41. The largest absolute Gasteiger partial charge is 0.550 e. The van der Waals surface area contributed by atoms with Crippen LogP contribution in [-0.2, 0) is 24.7 Å². The third-order valence-corrected chi connectivity index (χ3v) is 7.18. The first-order valence-corrected chi connectivity index (χ1v) is 10.3. The number of fused-ring (bicyclic) bond motifs is 4. The molecule has 3 fully saturated rings. The van der Waals surface area contributed by atoms with Crippen LogP contribution in [0.5, 0.6) is 0 Å². The van der Waals surface area contributed by atoms with Gasteiger partial charge in [0, 0.05) is 24.0 Å². The van der Waals surface area contributed by atoms with Gasteiger partial charge in [0.05, 0.1) is 5.69 Å². The van der Waals surface area contributed by atoms with Crippen molar-refractivity contribution in [1.82, 2.24) is 4.90 Å². The third-order valence-electron chi connectivity index (χ3n) is 7.18. The molecule has 1 aromatic carbocycles. The average molecular weight is 397 g/mol. The molecule has 4 aliphatic rings. The number of para-hydroxylation sites is 1. The summed E-state index contributed by atoms with van der Waals surface area (Å²) in [7, 11) is 0. The molecule has 3 heterocycles. The lowest BCUT2D eigenvalue weighted by atomic mass is 9.76. The molecule has 5 rings (SSSR count). The zero-order valence-corrected chi connectivity index (χ0v) is 15.9.